The van der Waals surface area contributed by atoms with Crippen LogP contribution >= 0.6 is 0 Å². The van der Waals surface area contributed by atoms with Crippen molar-refractivity contribution in [2.24, 2.45) is 17.3 Å². The molecule has 1 unspecified atom stereocenters. The van der Waals surface area contributed by atoms with Gasteiger partial charge in [0.1, 0.15) is 6.04 Å². The lowest BCUT2D eigenvalue weighted by Gasteiger charge is -2.37. The van der Waals surface area contributed by atoms with Gasteiger partial charge in [-0.25, -0.2) is 0 Å². The summed E-state index contributed by atoms with van der Waals surface area (Å²) in [5, 5.41) is 3.07. The van der Waals surface area contributed by atoms with Gasteiger partial charge < -0.3 is 15.1 Å². The Labute approximate surface area is 163 Å². The van der Waals surface area contributed by atoms with Crippen molar-refractivity contribution in [1.82, 2.24) is 15.1 Å². The molecule has 1 N–H and O–H groups in total. The second-order valence-corrected chi connectivity index (χ2v) is 9.75. The predicted molar refractivity (Wildman–Crippen MR) is 104 cm³/mol. The van der Waals surface area contributed by atoms with Crippen LogP contribution in [0.15, 0.2) is 0 Å². The van der Waals surface area contributed by atoms with Crippen LogP contribution in [0.5, 0.6) is 0 Å². The zero-order valence-corrected chi connectivity index (χ0v) is 17.1. The monoisotopic (exact) mass is 377 g/mol. The van der Waals surface area contributed by atoms with Crippen molar-refractivity contribution in [2.45, 2.75) is 71.8 Å². The van der Waals surface area contributed by atoms with Crippen LogP contribution in [0.1, 0.15) is 65.7 Å². The summed E-state index contributed by atoms with van der Waals surface area (Å²) in [7, 11) is 0. The fourth-order valence-electron chi connectivity index (χ4n) is 4.18. The van der Waals surface area contributed by atoms with E-state index in [9.17, 15) is 14.4 Å². The highest BCUT2D eigenvalue weighted by atomic mass is 16.2. The summed E-state index contributed by atoms with van der Waals surface area (Å²) in [5.74, 6) is 0.553. The van der Waals surface area contributed by atoms with Gasteiger partial charge in [-0.15, -0.1) is 0 Å². The molecule has 27 heavy (non-hydrogen) atoms. The van der Waals surface area contributed by atoms with E-state index in [1.165, 1.54) is 0 Å². The smallest absolute Gasteiger partial charge is 0.245 e. The molecule has 1 aliphatic carbocycles. The summed E-state index contributed by atoms with van der Waals surface area (Å²) in [6, 6.07) is -0.420. The number of hydrogen-bond acceptors (Lipinski definition) is 3. The Bertz CT molecular complexity index is 566. The van der Waals surface area contributed by atoms with E-state index in [-0.39, 0.29) is 35.0 Å². The highest BCUT2D eigenvalue weighted by Gasteiger charge is 2.39. The van der Waals surface area contributed by atoms with E-state index in [4.69, 9.17) is 0 Å². The highest BCUT2D eigenvalue weighted by molar-refractivity contribution is 5.89. The van der Waals surface area contributed by atoms with Gasteiger partial charge in [0.15, 0.2) is 0 Å². The molecule has 6 nitrogen and oxygen atoms in total. The summed E-state index contributed by atoms with van der Waals surface area (Å²) >= 11 is 0. The zero-order chi connectivity index (χ0) is 19.6. The first-order chi connectivity index (χ1) is 12.7. The van der Waals surface area contributed by atoms with Crippen LogP contribution in [0.25, 0.3) is 0 Å². The molecule has 3 aliphatic rings. The topological polar surface area (TPSA) is 69.7 Å². The first-order valence-corrected chi connectivity index (χ1v) is 10.6. The van der Waals surface area contributed by atoms with Gasteiger partial charge in [-0.2, -0.15) is 0 Å². The molecule has 0 spiro atoms. The molecule has 2 aliphatic heterocycles. The molecule has 1 atom stereocenters. The normalized spacial score (nSPS) is 22.6. The minimum absolute atomic E-state index is 0.0135. The number of carbonyl (C=O) groups excluding carboxylic acids is 3. The number of rotatable bonds is 5. The Morgan fingerprint density at radius 3 is 2.04 bits per heavy atom. The van der Waals surface area contributed by atoms with Crippen LogP contribution in [0, 0.1) is 17.3 Å². The Kier molecular flexibility index (Phi) is 6.11. The third-order valence-electron chi connectivity index (χ3n) is 5.97. The van der Waals surface area contributed by atoms with Gasteiger partial charge in [0.05, 0.1) is 0 Å². The molecule has 0 radical (unpaired) electrons. The van der Waals surface area contributed by atoms with E-state index in [2.05, 4.69) is 26.1 Å². The lowest BCUT2D eigenvalue weighted by Crippen LogP contribution is -2.54. The Morgan fingerprint density at radius 2 is 1.52 bits per heavy atom. The maximum atomic E-state index is 13.1. The standard InChI is InChI=1S/C21H35N3O3/c1-21(2,3)14-17(25)23-12-8-15(9-13-23)18(22-19(26)16-6-7-16)20(27)24-10-4-5-11-24/h15-16,18H,4-14H2,1-3H3,(H,22,26). The van der Waals surface area contributed by atoms with Crippen molar-refractivity contribution in [3.05, 3.63) is 0 Å². The zero-order valence-electron chi connectivity index (χ0n) is 17.1. The average Bonchev–Trinajstić information content (AvgIpc) is 3.32. The number of likely N-dealkylation sites (tertiary alicyclic amines) is 2. The molecule has 3 amide bonds. The number of hydrogen-bond donors (Lipinski definition) is 1. The van der Waals surface area contributed by atoms with Gasteiger partial charge in [0, 0.05) is 38.5 Å². The SMILES string of the molecule is CC(C)(C)CC(=O)N1CCC(C(NC(=O)C2CC2)C(=O)N2CCCC2)CC1. The second kappa shape index (κ2) is 8.19. The number of nitrogens with zero attached hydrogens (tertiary/aromatic N) is 2. The van der Waals surface area contributed by atoms with E-state index < -0.39 is 6.04 Å². The van der Waals surface area contributed by atoms with Crippen LogP contribution < -0.4 is 5.32 Å². The van der Waals surface area contributed by atoms with E-state index in [0.29, 0.717) is 19.5 Å². The van der Waals surface area contributed by atoms with Crippen molar-refractivity contribution < 1.29 is 14.4 Å². The van der Waals surface area contributed by atoms with Crippen LogP contribution in [-0.4, -0.2) is 59.7 Å². The van der Waals surface area contributed by atoms with E-state index >= 15 is 0 Å². The predicted octanol–water partition coefficient (Wildman–Crippen LogP) is 2.18. The molecule has 0 aromatic rings. The maximum absolute atomic E-state index is 13.1. The number of carbonyl (C=O) groups is 3. The molecule has 0 aromatic carbocycles. The Balaban J connectivity index is 1.60. The van der Waals surface area contributed by atoms with Crippen LogP contribution in [0.3, 0.4) is 0 Å². The van der Waals surface area contributed by atoms with Gasteiger partial charge in [-0.1, -0.05) is 20.8 Å². The molecule has 3 rings (SSSR count). The number of nitrogens with one attached hydrogen (secondary N) is 1. The van der Waals surface area contributed by atoms with Crippen LogP contribution in [0.2, 0.25) is 0 Å². The summed E-state index contributed by atoms with van der Waals surface area (Å²) < 4.78 is 0. The van der Waals surface area contributed by atoms with Crippen molar-refractivity contribution in [2.75, 3.05) is 26.2 Å². The van der Waals surface area contributed by atoms with E-state index in [1.807, 2.05) is 9.80 Å². The van der Waals surface area contributed by atoms with Gasteiger partial charge >= 0.3 is 0 Å². The van der Waals surface area contributed by atoms with Gasteiger partial charge in [-0.05, 0) is 49.9 Å². The van der Waals surface area contributed by atoms with Crippen LogP contribution in [0.4, 0.5) is 0 Å². The first kappa shape index (κ1) is 20.2. The summed E-state index contributed by atoms with van der Waals surface area (Å²) in [6.45, 7) is 9.21. The molecular formula is C21H35N3O3. The third-order valence-corrected chi connectivity index (χ3v) is 5.97. The molecule has 2 heterocycles. The van der Waals surface area contributed by atoms with Gasteiger partial charge in [0.25, 0.3) is 0 Å². The minimum Gasteiger partial charge on any atom is -0.344 e. The summed E-state index contributed by atoms with van der Waals surface area (Å²) in [5.41, 5.74) is -0.0135. The van der Waals surface area contributed by atoms with Crippen LogP contribution in [-0.2, 0) is 14.4 Å². The third kappa shape index (κ3) is 5.45. The highest BCUT2D eigenvalue weighted by Crippen LogP contribution is 2.31. The summed E-state index contributed by atoms with van der Waals surface area (Å²) in [6.07, 6.45) is 6.10. The van der Waals surface area contributed by atoms with Gasteiger partial charge in [0.2, 0.25) is 17.7 Å². The van der Waals surface area contributed by atoms with Crippen molar-refractivity contribution in [3.63, 3.8) is 0 Å². The Morgan fingerprint density at radius 1 is 0.926 bits per heavy atom. The fraction of sp³-hybridized carbons (Fsp3) is 0.857. The molecular weight excluding hydrogens is 342 g/mol. The summed E-state index contributed by atoms with van der Waals surface area (Å²) in [4.78, 5) is 41.8. The number of amides is 3. The maximum Gasteiger partial charge on any atom is 0.245 e. The molecule has 1 saturated carbocycles. The van der Waals surface area contributed by atoms with E-state index in [0.717, 1.165) is 51.6 Å². The van der Waals surface area contributed by atoms with Gasteiger partial charge in [-0.3, -0.25) is 14.4 Å². The molecule has 0 aromatic heterocycles. The molecule has 152 valence electrons. The molecule has 3 fully saturated rings. The number of piperidine rings is 1. The average molecular weight is 378 g/mol. The first-order valence-electron chi connectivity index (χ1n) is 10.6. The molecule has 2 saturated heterocycles. The van der Waals surface area contributed by atoms with Crippen molar-refractivity contribution in [3.8, 4) is 0 Å². The fourth-order valence-corrected chi connectivity index (χ4v) is 4.18. The molecule has 6 heteroatoms. The minimum atomic E-state index is -0.420. The lowest BCUT2D eigenvalue weighted by atomic mass is 9.87. The second-order valence-electron chi connectivity index (χ2n) is 9.75. The largest absolute Gasteiger partial charge is 0.344 e. The lowest BCUT2D eigenvalue weighted by molar-refractivity contribution is -0.139. The Hall–Kier alpha value is -1.59. The van der Waals surface area contributed by atoms with E-state index in [1.54, 1.807) is 0 Å². The quantitative estimate of drug-likeness (QED) is 0.798. The molecule has 0 bridgehead atoms. The van der Waals surface area contributed by atoms with Crippen molar-refractivity contribution >= 4 is 17.7 Å². The van der Waals surface area contributed by atoms with Crippen molar-refractivity contribution in [1.29, 1.82) is 0 Å².